The highest BCUT2D eigenvalue weighted by atomic mass is 19.4. The number of nitrogens with zero attached hydrogens (tertiary/aromatic N) is 5. The maximum absolute atomic E-state index is 10.6. The number of aryl methyl sites for hydroxylation is 1. The summed E-state index contributed by atoms with van der Waals surface area (Å²) in [6.45, 7) is 4.58. The molecule has 10 nitrogen and oxygen atoms in total. The van der Waals surface area contributed by atoms with Gasteiger partial charge in [-0.05, 0) is 25.1 Å². The van der Waals surface area contributed by atoms with Crippen molar-refractivity contribution in [2.75, 3.05) is 25.1 Å². The number of halogens is 3. The van der Waals surface area contributed by atoms with E-state index in [1.54, 1.807) is 12.4 Å². The van der Waals surface area contributed by atoms with Crippen molar-refractivity contribution in [3.63, 3.8) is 0 Å². The molecule has 1 atom stereocenters. The fourth-order valence-electron chi connectivity index (χ4n) is 2.94. The molecule has 0 spiro atoms. The van der Waals surface area contributed by atoms with E-state index in [0.717, 1.165) is 23.8 Å². The number of aromatic nitrogens is 4. The lowest BCUT2D eigenvalue weighted by atomic mass is 10.2. The average molecular weight is 466 g/mol. The molecule has 0 amide bonds. The zero-order valence-corrected chi connectivity index (χ0v) is 17.5. The Labute approximate surface area is 186 Å². The number of alkyl halides is 3. The van der Waals surface area contributed by atoms with Gasteiger partial charge in [0.15, 0.2) is 0 Å². The van der Waals surface area contributed by atoms with E-state index < -0.39 is 12.1 Å². The molecule has 1 saturated heterocycles. The standard InChI is InChI=1S/C18H20N6O2.C2HF3O2/c1-13-10-14(23-26-13)11-24-8-9-25-12-15(24)18-20-7-5-17(22-18)21-16-4-2-3-6-19-16;3-2(4,5)1(6)7/h2-7,10,15H,8-9,11-12H2,1H3,(H,19,20,21,22);(H,6,7). The maximum Gasteiger partial charge on any atom is 0.490 e. The van der Waals surface area contributed by atoms with E-state index in [0.29, 0.717) is 31.4 Å². The van der Waals surface area contributed by atoms with Gasteiger partial charge in [0.05, 0.1) is 24.9 Å². The molecule has 1 fully saturated rings. The summed E-state index contributed by atoms with van der Waals surface area (Å²) in [5.41, 5.74) is 0.900. The van der Waals surface area contributed by atoms with Crippen molar-refractivity contribution in [1.29, 1.82) is 0 Å². The van der Waals surface area contributed by atoms with E-state index in [9.17, 15) is 13.2 Å². The van der Waals surface area contributed by atoms with Gasteiger partial charge in [-0.3, -0.25) is 4.90 Å². The summed E-state index contributed by atoms with van der Waals surface area (Å²) in [6.07, 6.45) is -1.60. The van der Waals surface area contributed by atoms with Crippen LogP contribution in [-0.2, 0) is 16.1 Å². The Morgan fingerprint density at radius 3 is 2.67 bits per heavy atom. The Bertz CT molecular complexity index is 1050. The number of pyridine rings is 1. The molecule has 1 unspecified atom stereocenters. The van der Waals surface area contributed by atoms with Crippen molar-refractivity contribution in [2.24, 2.45) is 0 Å². The predicted octanol–water partition coefficient (Wildman–Crippen LogP) is 3.12. The molecule has 33 heavy (non-hydrogen) atoms. The summed E-state index contributed by atoms with van der Waals surface area (Å²) < 4.78 is 42.6. The fourth-order valence-corrected chi connectivity index (χ4v) is 2.94. The van der Waals surface area contributed by atoms with Gasteiger partial charge in [-0.25, -0.2) is 19.7 Å². The van der Waals surface area contributed by atoms with E-state index in [2.05, 4.69) is 30.3 Å². The third kappa shape index (κ3) is 7.22. The number of nitrogens with one attached hydrogen (secondary N) is 1. The number of carbonyl (C=O) groups is 1. The van der Waals surface area contributed by atoms with Crippen molar-refractivity contribution in [3.8, 4) is 0 Å². The molecular formula is C20H21F3N6O4. The number of aliphatic carboxylic acids is 1. The molecule has 13 heteroatoms. The zero-order chi connectivity index (χ0) is 23.8. The van der Waals surface area contributed by atoms with Crippen LogP contribution in [0.15, 0.2) is 47.2 Å². The minimum Gasteiger partial charge on any atom is -0.475 e. The molecule has 1 aliphatic heterocycles. The minimum absolute atomic E-state index is 0.0359. The molecule has 2 N–H and O–H groups in total. The van der Waals surface area contributed by atoms with Gasteiger partial charge >= 0.3 is 12.1 Å². The van der Waals surface area contributed by atoms with Gasteiger partial charge in [-0.1, -0.05) is 11.2 Å². The van der Waals surface area contributed by atoms with Crippen LogP contribution in [-0.4, -0.2) is 62.0 Å². The van der Waals surface area contributed by atoms with Crippen molar-refractivity contribution in [2.45, 2.75) is 25.7 Å². The first-order chi connectivity index (χ1) is 15.7. The summed E-state index contributed by atoms with van der Waals surface area (Å²) in [6, 6.07) is 9.43. The Morgan fingerprint density at radius 1 is 1.24 bits per heavy atom. The second-order valence-corrected chi connectivity index (χ2v) is 6.93. The number of carboxylic acid groups (broad SMARTS) is 1. The van der Waals surface area contributed by atoms with Crippen molar-refractivity contribution >= 4 is 17.6 Å². The Balaban J connectivity index is 0.000000383. The molecule has 4 rings (SSSR count). The van der Waals surface area contributed by atoms with Crippen LogP contribution >= 0.6 is 0 Å². The monoisotopic (exact) mass is 466 g/mol. The Kier molecular flexibility index (Phi) is 7.90. The van der Waals surface area contributed by atoms with Gasteiger partial charge in [0, 0.05) is 31.5 Å². The zero-order valence-electron chi connectivity index (χ0n) is 17.5. The summed E-state index contributed by atoms with van der Waals surface area (Å²) in [7, 11) is 0. The van der Waals surface area contributed by atoms with Gasteiger partial charge in [-0.2, -0.15) is 13.2 Å². The van der Waals surface area contributed by atoms with E-state index in [4.69, 9.17) is 19.2 Å². The van der Waals surface area contributed by atoms with Crippen LogP contribution in [0.4, 0.5) is 24.8 Å². The molecule has 176 valence electrons. The molecule has 1 aliphatic rings. The first-order valence-electron chi connectivity index (χ1n) is 9.77. The molecule has 4 heterocycles. The van der Waals surface area contributed by atoms with Crippen LogP contribution in [0.25, 0.3) is 0 Å². The number of morpholine rings is 1. The number of anilines is 2. The topological polar surface area (TPSA) is 127 Å². The lowest BCUT2D eigenvalue weighted by Crippen LogP contribution is -2.40. The van der Waals surface area contributed by atoms with Crippen LogP contribution < -0.4 is 5.32 Å². The van der Waals surface area contributed by atoms with Gasteiger partial charge in [0.1, 0.15) is 23.2 Å². The highest BCUT2D eigenvalue weighted by Crippen LogP contribution is 2.24. The average Bonchev–Trinajstić information content (AvgIpc) is 3.19. The van der Waals surface area contributed by atoms with Gasteiger partial charge < -0.3 is 19.7 Å². The van der Waals surface area contributed by atoms with Crippen molar-refractivity contribution < 1.29 is 32.3 Å². The second kappa shape index (κ2) is 10.8. The van der Waals surface area contributed by atoms with Gasteiger partial charge in [-0.15, -0.1) is 0 Å². The predicted molar refractivity (Wildman–Crippen MR) is 108 cm³/mol. The minimum atomic E-state index is -5.08. The smallest absolute Gasteiger partial charge is 0.475 e. The molecular weight excluding hydrogens is 445 g/mol. The number of carboxylic acids is 1. The van der Waals surface area contributed by atoms with Gasteiger partial charge in [0.25, 0.3) is 0 Å². The summed E-state index contributed by atoms with van der Waals surface area (Å²) in [5, 5.41) is 14.4. The van der Waals surface area contributed by atoms with Crippen molar-refractivity contribution in [1.82, 2.24) is 25.0 Å². The quantitative estimate of drug-likeness (QED) is 0.579. The number of rotatable bonds is 5. The highest BCUT2D eigenvalue weighted by Gasteiger charge is 2.38. The van der Waals surface area contributed by atoms with E-state index in [1.807, 2.05) is 37.3 Å². The van der Waals surface area contributed by atoms with E-state index >= 15 is 0 Å². The van der Waals surface area contributed by atoms with Crippen LogP contribution in [0, 0.1) is 6.92 Å². The van der Waals surface area contributed by atoms with Gasteiger partial charge in [0.2, 0.25) is 0 Å². The molecule has 0 aliphatic carbocycles. The normalized spacial score (nSPS) is 16.5. The summed E-state index contributed by atoms with van der Waals surface area (Å²) in [4.78, 5) is 24.6. The molecule has 0 radical (unpaired) electrons. The second-order valence-electron chi connectivity index (χ2n) is 6.93. The fraction of sp³-hybridized carbons (Fsp3) is 0.350. The van der Waals surface area contributed by atoms with Crippen molar-refractivity contribution in [3.05, 3.63) is 60.0 Å². The third-order valence-electron chi connectivity index (χ3n) is 4.42. The SMILES string of the molecule is Cc1cc(CN2CCOCC2c2nccc(Nc3ccccn3)n2)no1.O=C(O)C(F)(F)F. The molecule has 3 aromatic heterocycles. The largest absolute Gasteiger partial charge is 0.490 e. The van der Waals surface area contributed by atoms with Crippen LogP contribution in [0.2, 0.25) is 0 Å². The molecule has 0 aromatic carbocycles. The number of hydrogen-bond donors (Lipinski definition) is 2. The summed E-state index contributed by atoms with van der Waals surface area (Å²) in [5.74, 6) is 0.212. The highest BCUT2D eigenvalue weighted by molar-refractivity contribution is 5.73. The first-order valence-corrected chi connectivity index (χ1v) is 9.77. The molecule has 3 aromatic rings. The Hall–Kier alpha value is -3.58. The Morgan fingerprint density at radius 2 is 2.03 bits per heavy atom. The van der Waals surface area contributed by atoms with Crippen LogP contribution in [0.1, 0.15) is 23.3 Å². The molecule has 0 bridgehead atoms. The number of ether oxygens (including phenoxy) is 1. The third-order valence-corrected chi connectivity index (χ3v) is 4.42. The number of hydrogen-bond acceptors (Lipinski definition) is 9. The van der Waals surface area contributed by atoms with E-state index in [-0.39, 0.29) is 6.04 Å². The van der Waals surface area contributed by atoms with Crippen LogP contribution in [0.3, 0.4) is 0 Å². The maximum atomic E-state index is 10.6. The summed E-state index contributed by atoms with van der Waals surface area (Å²) >= 11 is 0. The molecule has 0 saturated carbocycles. The van der Waals surface area contributed by atoms with Crippen LogP contribution in [0.5, 0.6) is 0 Å². The lowest BCUT2D eigenvalue weighted by molar-refractivity contribution is -0.192. The first kappa shape index (κ1) is 24.1. The van der Waals surface area contributed by atoms with E-state index in [1.165, 1.54) is 0 Å². The lowest BCUT2D eigenvalue weighted by Gasteiger charge is -2.33.